The van der Waals surface area contributed by atoms with E-state index in [0.29, 0.717) is 10.1 Å². The molecule has 0 amide bonds. The lowest BCUT2D eigenvalue weighted by Crippen LogP contribution is -2.18. The van der Waals surface area contributed by atoms with E-state index in [0.717, 1.165) is 5.56 Å². The molecular formula is C14H11Cl2NO2S. The Morgan fingerprint density at radius 2 is 1.60 bits per heavy atom. The average Bonchev–Trinajstić information content (AvgIpc) is 2.46. The average molecular weight is 328 g/mol. The van der Waals surface area contributed by atoms with Crippen LogP contribution in [0.2, 0.25) is 5.02 Å². The normalized spacial score (nSPS) is 12.2. The summed E-state index contributed by atoms with van der Waals surface area (Å²) in [5.74, 6) is 0. The zero-order valence-corrected chi connectivity index (χ0v) is 12.6. The number of hydrogen-bond donors (Lipinski definition) is 1. The molecule has 0 bridgehead atoms. The highest BCUT2D eigenvalue weighted by Crippen LogP contribution is 2.18. The lowest BCUT2D eigenvalue weighted by atomic mass is 10.2. The van der Waals surface area contributed by atoms with Crippen LogP contribution in [0, 0.1) is 0 Å². The van der Waals surface area contributed by atoms with Gasteiger partial charge >= 0.3 is 0 Å². The summed E-state index contributed by atoms with van der Waals surface area (Å²) in [7, 11) is -3.65. The molecule has 2 aromatic rings. The maximum atomic E-state index is 12.0. The van der Waals surface area contributed by atoms with Crippen LogP contribution in [-0.4, -0.2) is 8.42 Å². The van der Waals surface area contributed by atoms with E-state index in [4.69, 9.17) is 23.2 Å². The Hall–Kier alpha value is -1.49. The van der Waals surface area contributed by atoms with Crippen LogP contribution in [0.3, 0.4) is 0 Å². The van der Waals surface area contributed by atoms with Crippen LogP contribution in [0.25, 0.3) is 5.03 Å². The summed E-state index contributed by atoms with van der Waals surface area (Å²) in [4.78, 5) is 0.121. The molecule has 0 unspecified atom stereocenters. The fourth-order valence-electron chi connectivity index (χ4n) is 1.49. The van der Waals surface area contributed by atoms with Crippen molar-refractivity contribution in [3.63, 3.8) is 0 Å². The molecule has 0 saturated carbocycles. The molecule has 0 aliphatic carbocycles. The minimum atomic E-state index is -3.65. The molecule has 0 spiro atoms. The molecule has 104 valence electrons. The third kappa shape index (κ3) is 3.76. The van der Waals surface area contributed by atoms with Crippen molar-refractivity contribution in [3.8, 4) is 0 Å². The highest BCUT2D eigenvalue weighted by molar-refractivity contribution is 7.89. The molecule has 0 aliphatic heterocycles. The van der Waals surface area contributed by atoms with Gasteiger partial charge in [-0.3, -0.25) is 4.72 Å². The summed E-state index contributed by atoms with van der Waals surface area (Å²) in [6, 6.07) is 14.9. The molecule has 0 aliphatic rings. The predicted octanol–water partition coefficient (Wildman–Crippen LogP) is 3.86. The molecule has 3 nitrogen and oxygen atoms in total. The van der Waals surface area contributed by atoms with Crippen LogP contribution in [-0.2, 0) is 10.0 Å². The van der Waals surface area contributed by atoms with Gasteiger partial charge < -0.3 is 0 Å². The summed E-state index contributed by atoms with van der Waals surface area (Å²) < 4.78 is 26.4. The third-order valence-corrected chi connectivity index (χ3v) is 4.41. The quantitative estimate of drug-likeness (QED) is 0.926. The van der Waals surface area contributed by atoms with Crippen LogP contribution in [0.15, 0.2) is 65.7 Å². The lowest BCUT2D eigenvalue weighted by Gasteiger charge is -2.05. The molecule has 2 aromatic carbocycles. The van der Waals surface area contributed by atoms with E-state index in [1.807, 2.05) is 18.2 Å². The zero-order valence-electron chi connectivity index (χ0n) is 10.3. The Morgan fingerprint density at radius 1 is 1.00 bits per heavy atom. The summed E-state index contributed by atoms with van der Waals surface area (Å²) in [5.41, 5.74) is 0.730. The molecule has 0 aromatic heterocycles. The van der Waals surface area contributed by atoms with Gasteiger partial charge in [0.25, 0.3) is 10.0 Å². The predicted molar refractivity (Wildman–Crippen MR) is 82.0 cm³/mol. The second-order valence-electron chi connectivity index (χ2n) is 3.93. The van der Waals surface area contributed by atoms with Gasteiger partial charge in [-0.25, -0.2) is 8.42 Å². The first-order chi connectivity index (χ1) is 9.49. The van der Waals surface area contributed by atoms with Gasteiger partial charge in [0.15, 0.2) is 0 Å². The van der Waals surface area contributed by atoms with E-state index >= 15 is 0 Å². The van der Waals surface area contributed by atoms with E-state index in [-0.39, 0.29) is 4.90 Å². The van der Waals surface area contributed by atoms with Crippen LogP contribution in [0.5, 0.6) is 0 Å². The first-order valence-electron chi connectivity index (χ1n) is 5.68. The van der Waals surface area contributed by atoms with Gasteiger partial charge in [-0.05, 0) is 29.8 Å². The first-order valence-corrected chi connectivity index (χ1v) is 7.92. The van der Waals surface area contributed by atoms with E-state index in [1.165, 1.54) is 30.5 Å². The van der Waals surface area contributed by atoms with Crippen molar-refractivity contribution in [3.05, 3.63) is 71.4 Å². The molecule has 1 N–H and O–H groups in total. The van der Waals surface area contributed by atoms with E-state index < -0.39 is 10.0 Å². The second-order valence-corrected chi connectivity index (χ2v) is 6.49. The molecule has 0 heterocycles. The monoisotopic (exact) mass is 327 g/mol. The molecule has 0 atom stereocenters. The van der Waals surface area contributed by atoms with Gasteiger partial charge in [0.2, 0.25) is 0 Å². The smallest absolute Gasteiger partial charge is 0.261 e. The van der Waals surface area contributed by atoms with Crippen LogP contribution >= 0.6 is 23.2 Å². The Bertz CT molecular complexity index is 711. The maximum Gasteiger partial charge on any atom is 0.261 e. The van der Waals surface area contributed by atoms with Gasteiger partial charge in [-0.2, -0.15) is 0 Å². The molecule has 6 heteroatoms. The van der Waals surface area contributed by atoms with Crippen molar-refractivity contribution in [1.29, 1.82) is 0 Å². The standard InChI is InChI=1S/C14H11Cl2NO2S/c15-12-6-8-13(9-7-12)20(18,19)17-10-14(16)11-4-2-1-3-5-11/h1-10,17H. The lowest BCUT2D eigenvalue weighted by molar-refractivity contribution is 0.590. The first kappa shape index (κ1) is 14.9. The van der Waals surface area contributed by atoms with Gasteiger partial charge in [0.05, 0.1) is 9.93 Å². The highest BCUT2D eigenvalue weighted by atomic mass is 35.5. The Labute approximate surface area is 127 Å². The molecule has 2 rings (SSSR count). The molecule has 0 saturated heterocycles. The number of nitrogens with one attached hydrogen (secondary N) is 1. The fourth-order valence-corrected chi connectivity index (χ4v) is 2.77. The topological polar surface area (TPSA) is 46.2 Å². The van der Waals surface area contributed by atoms with E-state index in [2.05, 4.69) is 4.72 Å². The maximum absolute atomic E-state index is 12.0. The number of sulfonamides is 1. The van der Waals surface area contributed by atoms with Crippen molar-refractivity contribution in [2.24, 2.45) is 0 Å². The van der Waals surface area contributed by atoms with Crippen LogP contribution < -0.4 is 4.72 Å². The number of rotatable bonds is 4. The SMILES string of the molecule is O=S(=O)(NC=C(Cl)c1ccccc1)c1ccc(Cl)cc1. The van der Waals surface area contributed by atoms with Gasteiger partial charge in [-0.15, -0.1) is 0 Å². The summed E-state index contributed by atoms with van der Waals surface area (Å²) in [6.07, 6.45) is 1.25. The van der Waals surface area contributed by atoms with Crippen LogP contribution in [0.1, 0.15) is 5.56 Å². The minimum Gasteiger partial charge on any atom is -0.285 e. The van der Waals surface area contributed by atoms with Gasteiger partial charge in [-0.1, -0.05) is 53.5 Å². The summed E-state index contributed by atoms with van der Waals surface area (Å²) >= 11 is 11.8. The number of hydrogen-bond acceptors (Lipinski definition) is 2. The van der Waals surface area contributed by atoms with Gasteiger partial charge in [0, 0.05) is 11.2 Å². The summed E-state index contributed by atoms with van der Waals surface area (Å²) in [6.45, 7) is 0. The molecular weight excluding hydrogens is 317 g/mol. The van der Waals surface area contributed by atoms with Crippen molar-refractivity contribution in [2.75, 3.05) is 0 Å². The molecule has 20 heavy (non-hydrogen) atoms. The van der Waals surface area contributed by atoms with Crippen molar-refractivity contribution in [2.45, 2.75) is 4.90 Å². The molecule has 0 fully saturated rings. The Morgan fingerprint density at radius 3 is 2.20 bits per heavy atom. The molecule has 0 radical (unpaired) electrons. The second kappa shape index (κ2) is 6.31. The number of halogens is 2. The van der Waals surface area contributed by atoms with Gasteiger partial charge in [0.1, 0.15) is 0 Å². The fraction of sp³-hybridized carbons (Fsp3) is 0. The zero-order chi connectivity index (χ0) is 14.6. The van der Waals surface area contributed by atoms with Crippen LogP contribution in [0.4, 0.5) is 0 Å². The van der Waals surface area contributed by atoms with Crippen molar-refractivity contribution >= 4 is 38.3 Å². The highest BCUT2D eigenvalue weighted by Gasteiger charge is 2.12. The minimum absolute atomic E-state index is 0.121. The van der Waals surface area contributed by atoms with Crippen molar-refractivity contribution < 1.29 is 8.42 Å². The third-order valence-electron chi connectivity index (χ3n) is 2.51. The Balaban J connectivity index is 2.19. The van der Waals surface area contributed by atoms with E-state index in [1.54, 1.807) is 12.1 Å². The summed E-state index contributed by atoms with van der Waals surface area (Å²) in [5, 5.41) is 0.782. The largest absolute Gasteiger partial charge is 0.285 e. The number of benzene rings is 2. The van der Waals surface area contributed by atoms with Crippen molar-refractivity contribution in [1.82, 2.24) is 4.72 Å². The Kier molecular flexibility index (Phi) is 4.70. The van der Waals surface area contributed by atoms with E-state index in [9.17, 15) is 8.42 Å².